The SMILES string of the molecule is CN(C)c1ccc(C2C=Cc3ccccc3N2C(=O)c2ccccc2)cc1. The molecule has 0 fully saturated rings. The molecule has 3 aromatic rings. The largest absolute Gasteiger partial charge is 0.378 e. The maximum atomic E-state index is 13.4. The molecule has 3 nitrogen and oxygen atoms in total. The molecule has 3 aromatic carbocycles. The fraction of sp³-hybridized carbons (Fsp3) is 0.125. The molecule has 0 saturated heterocycles. The van der Waals surface area contributed by atoms with Crippen LogP contribution in [0.1, 0.15) is 27.5 Å². The molecule has 0 bridgehead atoms. The van der Waals surface area contributed by atoms with Crippen molar-refractivity contribution in [2.75, 3.05) is 23.9 Å². The number of para-hydroxylation sites is 1. The number of hydrogen-bond acceptors (Lipinski definition) is 2. The highest BCUT2D eigenvalue weighted by atomic mass is 16.2. The van der Waals surface area contributed by atoms with Crippen LogP contribution in [0.4, 0.5) is 11.4 Å². The molecule has 3 heteroatoms. The van der Waals surface area contributed by atoms with E-state index < -0.39 is 0 Å². The van der Waals surface area contributed by atoms with Crippen LogP contribution in [0.25, 0.3) is 6.08 Å². The summed E-state index contributed by atoms with van der Waals surface area (Å²) in [4.78, 5) is 17.4. The van der Waals surface area contributed by atoms with E-state index in [1.165, 1.54) is 0 Å². The van der Waals surface area contributed by atoms with Gasteiger partial charge in [0, 0.05) is 25.3 Å². The standard InChI is InChI=1S/C24H22N2O/c1-25(2)21-15-12-19(13-16-21)23-17-14-18-8-6-7-11-22(18)26(23)24(27)20-9-4-3-5-10-20/h3-17,23H,1-2H3. The normalized spacial score (nSPS) is 15.3. The molecule has 0 aliphatic carbocycles. The van der Waals surface area contributed by atoms with Gasteiger partial charge in [-0.1, -0.05) is 60.7 Å². The maximum Gasteiger partial charge on any atom is 0.259 e. The van der Waals surface area contributed by atoms with Crippen molar-refractivity contribution < 1.29 is 4.79 Å². The summed E-state index contributed by atoms with van der Waals surface area (Å²) in [6.07, 6.45) is 4.21. The van der Waals surface area contributed by atoms with Crippen molar-refractivity contribution in [1.82, 2.24) is 0 Å². The van der Waals surface area contributed by atoms with Gasteiger partial charge < -0.3 is 4.90 Å². The Labute approximate surface area is 160 Å². The first-order valence-corrected chi connectivity index (χ1v) is 9.08. The summed E-state index contributed by atoms with van der Waals surface area (Å²) in [5.41, 5.74) is 4.92. The molecule has 4 rings (SSSR count). The number of rotatable bonds is 3. The number of benzene rings is 3. The Morgan fingerprint density at radius 2 is 1.52 bits per heavy atom. The van der Waals surface area contributed by atoms with E-state index in [4.69, 9.17) is 0 Å². The molecule has 1 aliphatic rings. The third kappa shape index (κ3) is 3.24. The van der Waals surface area contributed by atoms with Crippen LogP contribution in [-0.4, -0.2) is 20.0 Å². The summed E-state index contributed by atoms with van der Waals surface area (Å²) in [5, 5.41) is 0. The molecule has 1 atom stereocenters. The van der Waals surface area contributed by atoms with Crippen molar-refractivity contribution in [2.45, 2.75) is 6.04 Å². The van der Waals surface area contributed by atoms with Gasteiger partial charge in [-0.3, -0.25) is 9.69 Å². The van der Waals surface area contributed by atoms with E-state index in [0.717, 1.165) is 22.5 Å². The molecule has 0 saturated carbocycles. The van der Waals surface area contributed by atoms with Crippen LogP contribution in [-0.2, 0) is 0 Å². The van der Waals surface area contributed by atoms with Gasteiger partial charge in [-0.2, -0.15) is 0 Å². The lowest BCUT2D eigenvalue weighted by Crippen LogP contribution is -2.36. The summed E-state index contributed by atoms with van der Waals surface area (Å²) < 4.78 is 0. The summed E-state index contributed by atoms with van der Waals surface area (Å²) >= 11 is 0. The van der Waals surface area contributed by atoms with E-state index in [9.17, 15) is 4.79 Å². The summed E-state index contributed by atoms with van der Waals surface area (Å²) in [7, 11) is 4.05. The Hall–Kier alpha value is -3.33. The summed E-state index contributed by atoms with van der Waals surface area (Å²) in [6.45, 7) is 0. The van der Waals surface area contributed by atoms with Gasteiger partial charge in [-0.25, -0.2) is 0 Å². The zero-order chi connectivity index (χ0) is 18.8. The second-order valence-electron chi connectivity index (χ2n) is 6.89. The molecule has 0 spiro atoms. The molecule has 0 N–H and O–H groups in total. The minimum absolute atomic E-state index is 0.00841. The zero-order valence-electron chi connectivity index (χ0n) is 15.5. The van der Waals surface area contributed by atoms with Gasteiger partial charge in [0.2, 0.25) is 0 Å². The van der Waals surface area contributed by atoms with Crippen LogP contribution < -0.4 is 9.80 Å². The number of hydrogen-bond donors (Lipinski definition) is 0. The van der Waals surface area contributed by atoms with Crippen LogP contribution >= 0.6 is 0 Å². The van der Waals surface area contributed by atoms with Crippen LogP contribution in [0, 0.1) is 0 Å². The Balaban J connectivity index is 1.79. The number of anilines is 2. The Bertz CT molecular complexity index is 975. The van der Waals surface area contributed by atoms with Gasteiger partial charge in [0.25, 0.3) is 5.91 Å². The molecule has 0 aromatic heterocycles. The highest BCUT2D eigenvalue weighted by Gasteiger charge is 2.29. The van der Waals surface area contributed by atoms with E-state index >= 15 is 0 Å². The van der Waals surface area contributed by atoms with E-state index in [2.05, 4.69) is 41.3 Å². The van der Waals surface area contributed by atoms with Gasteiger partial charge in [0.1, 0.15) is 0 Å². The molecule has 0 radical (unpaired) electrons. The molecular formula is C24H22N2O. The quantitative estimate of drug-likeness (QED) is 0.648. The van der Waals surface area contributed by atoms with Crippen molar-refractivity contribution in [3.8, 4) is 0 Å². The topological polar surface area (TPSA) is 23.6 Å². The number of nitrogens with zero attached hydrogens (tertiary/aromatic N) is 2. The molecule has 1 heterocycles. The minimum Gasteiger partial charge on any atom is -0.378 e. The van der Waals surface area contributed by atoms with E-state index in [1.54, 1.807) is 0 Å². The van der Waals surface area contributed by atoms with Gasteiger partial charge in [0.05, 0.1) is 11.7 Å². The first kappa shape index (κ1) is 17.1. The van der Waals surface area contributed by atoms with Gasteiger partial charge in [-0.05, 0) is 41.5 Å². The van der Waals surface area contributed by atoms with E-state index in [-0.39, 0.29) is 11.9 Å². The third-order valence-electron chi connectivity index (χ3n) is 4.92. The molecule has 1 unspecified atom stereocenters. The highest BCUT2D eigenvalue weighted by molar-refractivity contribution is 6.08. The Kier molecular flexibility index (Phi) is 4.51. The average molecular weight is 354 g/mol. The van der Waals surface area contributed by atoms with Crippen LogP contribution in [0.2, 0.25) is 0 Å². The average Bonchev–Trinajstić information content (AvgIpc) is 2.73. The number of amides is 1. The summed E-state index contributed by atoms with van der Waals surface area (Å²) in [5.74, 6) is 0.00841. The minimum atomic E-state index is -0.135. The van der Waals surface area contributed by atoms with Crippen LogP contribution in [0.5, 0.6) is 0 Å². The second kappa shape index (κ2) is 7.12. The highest BCUT2D eigenvalue weighted by Crippen LogP contribution is 2.37. The number of fused-ring (bicyclic) bond motifs is 1. The maximum absolute atomic E-state index is 13.4. The lowest BCUT2D eigenvalue weighted by atomic mass is 9.96. The lowest BCUT2D eigenvalue weighted by molar-refractivity contribution is 0.0980. The van der Waals surface area contributed by atoms with Gasteiger partial charge in [0.15, 0.2) is 0 Å². The smallest absolute Gasteiger partial charge is 0.259 e. The zero-order valence-corrected chi connectivity index (χ0v) is 15.5. The monoisotopic (exact) mass is 354 g/mol. The predicted octanol–water partition coefficient (Wildman–Crippen LogP) is 5.17. The van der Waals surface area contributed by atoms with Crippen LogP contribution in [0.15, 0.2) is 84.9 Å². The first-order valence-electron chi connectivity index (χ1n) is 9.08. The van der Waals surface area contributed by atoms with Gasteiger partial charge >= 0.3 is 0 Å². The van der Waals surface area contributed by atoms with E-state index in [1.807, 2.05) is 73.6 Å². The Morgan fingerprint density at radius 1 is 0.852 bits per heavy atom. The Morgan fingerprint density at radius 3 is 2.22 bits per heavy atom. The van der Waals surface area contributed by atoms with Crippen molar-refractivity contribution in [3.05, 3.63) is 102 Å². The fourth-order valence-electron chi connectivity index (χ4n) is 3.46. The predicted molar refractivity (Wildman–Crippen MR) is 112 cm³/mol. The molecule has 27 heavy (non-hydrogen) atoms. The van der Waals surface area contributed by atoms with Crippen molar-refractivity contribution in [3.63, 3.8) is 0 Å². The number of carbonyl (C=O) groups excluding carboxylic acids is 1. The van der Waals surface area contributed by atoms with Crippen molar-refractivity contribution >= 4 is 23.4 Å². The molecule has 134 valence electrons. The second-order valence-corrected chi connectivity index (χ2v) is 6.89. The molecule has 1 aliphatic heterocycles. The van der Waals surface area contributed by atoms with Crippen molar-refractivity contribution in [1.29, 1.82) is 0 Å². The lowest BCUT2D eigenvalue weighted by Gasteiger charge is -2.34. The summed E-state index contributed by atoms with van der Waals surface area (Å²) in [6, 6.07) is 25.8. The van der Waals surface area contributed by atoms with E-state index in [0.29, 0.717) is 5.56 Å². The molecular weight excluding hydrogens is 332 g/mol. The van der Waals surface area contributed by atoms with Crippen LogP contribution in [0.3, 0.4) is 0 Å². The molecule has 1 amide bonds. The third-order valence-corrected chi connectivity index (χ3v) is 4.92. The fourth-order valence-corrected chi connectivity index (χ4v) is 3.46. The van der Waals surface area contributed by atoms with Crippen molar-refractivity contribution in [2.24, 2.45) is 0 Å². The van der Waals surface area contributed by atoms with Gasteiger partial charge in [-0.15, -0.1) is 0 Å². The first-order chi connectivity index (χ1) is 13.1. The number of carbonyl (C=O) groups is 1.